The lowest BCUT2D eigenvalue weighted by molar-refractivity contribution is -0.122. The van der Waals surface area contributed by atoms with Crippen LogP contribution in [0.15, 0.2) is 12.4 Å². The van der Waals surface area contributed by atoms with Gasteiger partial charge in [0.25, 0.3) is 0 Å². The Kier molecular flexibility index (Phi) is 5.44. The van der Waals surface area contributed by atoms with E-state index in [-0.39, 0.29) is 24.4 Å². The van der Waals surface area contributed by atoms with E-state index >= 15 is 0 Å². The molecule has 1 aliphatic rings. The summed E-state index contributed by atoms with van der Waals surface area (Å²) in [7, 11) is 1.89. The second-order valence-corrected chi connectivity index (χ2v) is 4.21. The van der Waals surface area contributed by atoms with Crippen LogP contribution in [0.25, 0.3) is 0 Å². The van der Waals surface area contributed by atoms with Crippen LogP contribution in [-0.4, -0.2) is 34.8 Å². The molecule has 1 amide bonds. The van der Waals surface area contributed by atoms with Gasteiger partial charge in [-0.25, -0.2) is 0 Å². The van der Waals surface area contributed by atoms with Gasteiger partial charge in [-0.05, 0) is 31.4 Å². The van der Waals surface area contributed by atoms with E-state index < -0.39 is 0 Å². The first-order chi connectivity index (χ1) is 7.75. The summed E-state index contributed by atoms with van der Waals surface area (Å²) in [6.07, 6.45) is 6.70. The molecule has 2 N–H and O–H groups in total. The molecule has 6 heteroatoms. The van der Waals surface area contributed by atoms with Crippen molar-refractivity contribution in [3.8, 4) is 0 Å². The molecule has 1 aromatic rings. The largest absolute Gasteiger partial charge is 0.354 e. The van der Waals surface area contributed by atoms with Gasteiger partial charge in [-0.1, -0.05) is 0 Å². The van der Waals surface area contributed by atoms with Gasteiger partial charge in [0.2, 0.25) is 5.91 Å². The number of hydrogen-bond acceptors (Lipinski definition) is 3. The molecule has 1 saturated heterocycles. The van der Waals surface area contributed by atoms with Crippen LogP contribution >= 0.6 is 12.4 Å². The van der Waals surface area contributed by atoms with E-state index in [1.807, 2.05) is 19.4 Å². The summed E-state index contributed by atoms with van der Waals surface area (Å²) in [5.74, 6) is 0.126. The van der Waals surface area contributed by atoms with Crippen molar-refractivity contribution in [2.75, 3.05) is 13.1 Å². The standard InChI is InChI=1S/C11H18N4O.ClH/c1-15-8-9(7-14-15)4-6-13-11(16)10-3-2-5-12-10;/h7-8,10,12H,2-6H2,1H3,(H,13,16);1H. The Morgan fingerprint density at radius 1 is 1.71 bits per heavy atom. The Morgan fingerprint density at radius 2 is 2.53 bits per heavy atom. The zero-order chi connectivity index (χ0) is 11.4. The zero-order valence-electron chi connectivity index (χ0n) is 9.98. The smallest absolute Gasteiger partial charge is 0.237 e. The lowest BCUT2D eigenvalue weighted by Crippen LogP contribution is -2.41. The summed E-state index contributed by atoms with van der Waals surface area (Å²) >= 11 is 0. The Labute approximate surface area is 107 Å². The number of aryl methyl sites for hydroxylation is 1. The van der Waals surface area contributed by atoms with Gasteiger partial charge >= 0.3 is 0 Å². The molecular weight excluding hydrogens is 240 g/mol. The fourth-order valence-electron chi connectivity index (χ4n) is 1.96. The molecule has 2 rings (SSSR count). The number of carbonyl (C=O) groups excluding carboxylic acids is 1. The van der Waals surface area contributed by atoms with E-state index in [4.69, 9.17) is 0 Å². The Morgan fingerprint density at radius 3 is 3.12 bits per heavy atom. The third-order valence-electron chi connectivity index (χ3n) is 2.85. The maximum absolute atomic E-state index is 11.6. The van der Waals surface area contributed by atoms with Gasteiger partial charge < -0.3 is 10.6 Å². The van der Waals surface area contributed by atoms with Crippen LogP contribution in [0, 0.1) is 0 Å². The summed E-state index contributed by atoms with van der Waals surface area (Å²) in [4.78, 5) is 11.6. The van der Waals surface area contributed by atoms with Gasteiger partial charge in [0.1, 0.15) is 0 Å². The average Bonchev–Trinajstić information content (AvgIpc) is 2.89. The average molecular weight is 259 g/mol. The number of halogens is 1. The van der Waals surface area contributed by atoms with E-state index in [0.29, 0.717) is 6.54 Å². The zero-order valence-corrected chi connectivity index (χ0v) is 10.8. The van der Waals surface area contributed by atoms with Gasteiger partial charge in [0.15, 0.2) is 0 Å². The Bertz CT molecular complexity index is 360. The van der Waals surface area contributed by atoms with Gasteiger partial charge in [-0.3, -0.25) is 9.48 Å². The minimum absolute atomic E-state index is 0. The second kappa shape index (κ2) is 6.61. The first-order valence-electron chi connectivity index (χ1n) is 5.74. The number of nitrogens with one attached hydrogen (secondary N) is 2. The van der Waals surface area contributed by atoms with Gasteiger partial charge in [-0.15, -0.1) is 12.4 Å². The molecule has 0 radical (unpaired) electrons. The molecule has 96 valence electrons. The molecule has 0 aromatic carbocycles. The van der Waals surface area contributed by atoms with Crippen LogP contribution in [0.1, 0.15) is 18.4 Å². The fraction of sp³-hybridized carbons (Fsp3) is 0.636. The van der Waals surface area contributed by atoms with Crippen molar-refractivity contribution >= 4 is 18.3 Å². The van der Waals surface area contributed by atoms with E-state index in [1.165, 1.54) is 0 Å². The fourth-order valence-corrected chi connectivity index (χ4v) is 1.96. The van der Waals surface area contributed by atoms with Crippen molar-refractivity contribution in [2.24, 2.45) is 7.05 Å². The third-order valence-corrected chi connectivity index (χ3v) is 2.85. The number of aromatic nitrogens is 2. The van der Waals surface area contributed by atoms with Crippen LogP contribution in [-0.2, 0) is 18.3 Å². The van der Waals surface area contributed by atoms with Crippen molar-refractivity contribution < 1.29 is 4.79 Å². The predicted molar refractivity (Wildman–Crippen MR) is 68.2 cm³/mol. The number of amides is 1. The second-order valence-electron chi connectivity index (χ2n) is 4.21. The maximum Gasteiger partial charge on any atom is 0.237 e. The summed E-state index contributed by atoms with van der Waals surface area (Å²) in [5.41, 5.74) is 1.15. The number of carbonyl (C=O) groups is 1. The predicted octanol–water partition coefficient (Wildman–Crippen LogP) is 0.253. The molecule has 2 heterocycles. The minimum atomic E-state index is 0. The monoisotopic (exact) mass is 258 g/mol. The summed E-state index contributed by atoms with van der Waals surface area (Å²) in [6.45, 7) is 1.64. The van der Waals surface area contributed by atoms with Crippen LogP contribution in [0.5, 0.6) is 0 Å². The van der Waals surface area contributed by atoms with E-state index in [9.17, 15) is 4.79 Å². The lowest BCUT2D eigenvalue weighted by Gasteiger charge is -2.10. The molecule has 1 atom stereocenters. The lowest BCUT2D eigenvalue weighted by atomic mass is 10.2. The van der Waals surface area contributed by atoms with Crippen LogP contribution < -0.4 is 10.6 Å². The molecule has 1 unspecified atom stereocenters. The highest BCUT2D eigenvalue weighted by Gasteiger charge is 2.21. The molecule has 0 aliphatic carbocycles. The maximum atomic E-state index is 11.6. The van der Waals surface area contributed by atoms with Crippen LogP contribution in [0.4, 0.5) is 0 Å². The number of nitrogens with zero attached hydrogens (tertiary/aromatic N) is 2. The molecule has 17 heavy (non-hydrogen) atoms. The molecule has 1 aromatic heterocycles. The Hall–Kier alpha value is -1.07. The van der Waals surface area contributed by atoms with Gasteiger partial charge in [-0.2, -0.15) is 5.10 Å². The number of hydrogen-bond donors (Lipinski definition) is 2. The molecule has 0 saturated carbocycles. The summed E-state index contributed by atoms with van der Waals surface area (Å²) in [5, 5.41) is 10.2. The highest BCUT2D eigenvalue weighted by atomic mass is 35.5. The third kappa shape index (κ3) is 4.02. The van der Waals surface area contributed by atoms with Crippen LogP contribution in [0.3, 0.4) is 0 Å². The normalized spacial score (nSPS) is 18.8. The Balaban J connectivity index is 0.00000144. The SMILES string of the molecule is Cl.Cn1cc(CCNC(=O)C2CCCN2)cn1. The highest BCUT2D eigenvalue weighted by molar-refractivity contribution is 5.85. The summed E-state index contributed by atoms with van der Waals surface area (Å²) in [6, 6.07) is 0.0221. The first-order valence-corrected chi connectivity index (χ1v) is 5.74. The highest BCUT2D eigenvalue weighted by Crippen LogP contribution is 2.04. The molecule has 1 fully saturated rings. The molecule has 5 nitrogen and oxygen atoms in total. The van der Waals surface area contributed by atoms with Crippen molar-refractivity contribution in [3.63, 3.8) is 0 Å². The topological polar surface area (TPSA) is 59.0 Å². The van der Waals surface area contributed by atoms with E-state index in [1.54, 1.807) is 4.68 Å². The van der Waals surface area contributed by atoms with Crippen molar-refractivity contribution in [2.45, 2.75) is 25.3 Å². The van der Waals surface area contributed by atoms with Crippen molar-refractivity contribution in [3.05, 3.63) is 18.0 Å². The van der Waals surface area contributed by atoms with E-state index in [2.05, 4.69) is 15.7 Å². The van der Waals surface area contributed by atoms with Gasteiger partial charge in [0, 0.05) is 19.8 Å². The van der Waals surface area contributed by atoms with Crippen molar-refractivity contribution in [1.82, 2.24) is 20.4 Å². The number of rotatable bonds is 4. The quantitative estimate of drug-likeness (QED) is 0.814. The van der Waals surface area contributed by atoms with E-state index in [0.717, 1.165) is 31.4 Å². The first kappa shape index (κ1) is 14.0. The van der Waals surface area contributed by atoms with Gasteiger partial charge in [0.05, 0.1) is 12.2 Å². The molecule has 0 bridgehead atoms. The van der Waals surface area contributed by atoms with Crippen molar-refractivity contribution in [1.29, 1.82) is 0 Å². The molecule has 1 aliphatic heterocycles. The minimum Gasteiger partial charge on any atom is -0.354 e. The molecular formula is C11H19ClN4O. The van der Waals surface area contributed by atoms with Crippen LogP contribution in [0.2, 0.25) is 0 Å². The molecule has 0 spiro atoms. The summed E-state index contributed by atoms with van der Waals surface area (Å²) < 4.78 is 1.77.